The average Bonchev–Trinajstić information content (AvgIpc) is 2.72. The molecule has 9 heteroatoms. The number of benzene rings is 1. The van der Waals surface area contributed by atoms with Crippen molar-refractivity contribution in [2.24, 2.45) is 0 Å². The molecule has 0 fully saturated rings. The number of esters is 1. The summed E-state index contributed by atoms with van der Waals surface area (Å²) in [5.41, 5.74) is 2.51. The molecule has 1 N–H and O–H groups in total. The van der Waals surface area contributed by atoms with E-state index < -0.39 is 36.5 Å². The Labute approximate surface area is 228 Å². The average molecular weight is 638 g/mol. The predicted molar refractivity (Wildman–Crippen MR) is 155 cm³/mol. The Balaban J connectivity index is 2.93. The van der Waals surface area contributed by atoms with Crippen LogP contribution in [-0.4, -0.2) is 41.5 Å². The maximum absolute atomic E-state index is 13.0. The van der Waals surface area contributed by atoms with Crippen molar-refractivity contribution in [1.82, 2.24) is 4.72 Å². The third-order valence-electron chi connectivity index (χ3n) is 6.58. The molecule has 0 aliphatic carbocycles. The number of carbonyl (C=O) groups excluding carboxylic acids is 1. The summed E-state index contributed by atoms with van der Waals surface area (Å²) in [7, 11) is -5.75. The number of carbonyl (C=O) groups is 1. The smallest absolute Gasteiger partial charge is 0.302 e. The van der Waals surface area contributed by atoms with E-state index in [0.29, 0.717) is 33.2 Å². The van der Waals surface area contributed by atoms with E-state index in [9.17, 15) is 13.2 Å². The highest BCUT2D eigenvalue weighted by Gasteiger charge is 2.44. The minimum absolute atomic E-state index is 0.165. The van der Waals surface area contributed by atoms with Crippen LogP contribution in [0.25, 0.3) is 0 Å². The van der Waals surface area contributed by atoms with E-state index in [1.807, 2.05) is 29.5 Å². The van der Waals surface area contributed by atoms with Crippen LogP contribution in [0.3, 0.4) is 0 Å². The molecule has 2 atom stereocenters. The lowest BCUT2D eigenvalue weighted by atomic mass is 10.1. The van der Waals surface area contributed by atoms with E-state index in [0.717, 1.165) is 18.4 Å². The lowest BCUT2D eigenvalue weighted by Crippen LogP contribution is -2.48. The summed E-state index contributed by atoms with van der Waals surface area (Å²) in [6, 6.07) is 5.90. The normalized spacial score (nSPS) is 14.4. The molecule has 0 spiro atoms. The van der Waals surface area contributed by atoms with Gasteiger partial charge in [0.15, 0.2) is 8.32 Å². The van der Waals surface area contributed by atoms with Crippen molar-refractivity contribution in [3.05, 3.63) is 40.0 Å². The third kappa shape index (κ3) is 9.25. The summed E-state index contributed by atoms with van der Waals surface area (Å²) < 4.78 is 41.5. The number of hydrogen-bond acceptors (Lipinski definition) is 5. The van der Waals surface area contributed by atoms with Crippen molar-refractivity contribution in [2.45, 2.75) is 108 Å². The van der Waals surface area contributed by atoms with Gasteiger partial charge in [-0.3, -0.25) is 4.79 Å². The molecule has 0 amide bonds. The first-order valence-corrected chi connectivity index (χ1v) is 17.1. The molecule has 0 heterocycles. The molecule has 0 aromatic heterocycles. The lowest BCUT2D eigenvalue weighted by Gasteiger charge is -2.42. The fourth-order valence-corrected chi connectivity index (χ4v) is 12.5. The van der Waals surface area contributed by atoms with Gasteiger partial charge in [0.1, 0.15) is 6.10 Å². The van der Waals surface area contributed by atoms with Crippen molar-refractivity contribution in [2.75, 3.05) is 6.61 Å². The van der Waals surface area contributed by atoms with Crippen molar-refractivity contribution < 1.29 is 22.4 Å². The number of aryl methyl sites for hydroxylation is 1. The van der Waals surface area contributed by atoms with Gasteiger partial charge < -0.3 is 9.16 Å². The molecule has 1 aromatic carbocycles. The number of sulfonamides is 1. The van der Waals surface area contributed by atoms with Gasteiger partial charge >= 0.3 is 5.97 Å². The van der Waals surface area contributed by atoms with Crippen LogP contribution in [0, 0.1) is 6.92 Å². The Bertz CT molecular complexity index is 910. The highest BCUT2D eigenvalue weighted by molar-refractivity contribution is 14.1. The van der Waals surface area contributed by atoms with Crippen LogP contribution in [0.2, 0.25) is 16.6 Å². The molecule has 0 radical (unpaired) electrons. The van der Waals surface area contributed by atoms with Crippen molar-refractivity contribution in [3.8, 4) is 0 Å². The topological polar surface area (TPSA) is 81.7 Å². The first-order chi connectivity index (χ1) is 16.1. The second kappa shape index (κ2) is 14.3. The molecule has 35 heavy (non-hydrogen) atoms. The standard InChI is InChI=1S/C26H44INO5SSi/c1-18(2)35(19(3)4,20(5)6)32-17-11-10-12-25(33-23(9)29)26(22(8)27)28-34(30,31)24-15-13-21(7)14-16-24/h13-16,18-20,25-26,28H,8,10-12,17H2,1-7,9H3/t25-,26-/m1/s1. The number of nitrogens with one attached hydrogen (secondary N) is 1. The summed E-state index contributed by atoms with van der Waals surface area (Å²) in [5, 5.41) is 0. The Hall–Kier alpha value is -0.753. The first-order valence-electron chi connectivity index (χ1n) is 12.4. The first kappa shape index (κ1) is 32.3. The van der Waals surface area contributed by atoms with Gasteiger partial charge in [-0.1, -0.05) is 65.8 Å². The van der Waals surface area contributed by atoms with Crippen molar-refractivity contribution >= 4 is 46.9 Å². The Morgan fingerprint density at radius 1 is 1.03 bits per heavy atom. The molecule has 0 aliphatic rings. The minimum atomic E-state index is -3.81. The molecule has 200 valence electrons. The zero-order valence-corrected chi connectivity index (χ0v) is 26.5. The highest BCUT2D eigenvalue weighted by Crippen LogP contribution is 2.42. The molecule has 6 nitrogen and oxygen atoms in total. The molecule has 0 saturated carbocycles. The van der Waals surface area contributed by atoms with Gasteiger partial charge in [-0.05, 0) is 77.5 Å². The van der Waals surface area contributed by atoms with Gasteiger partial charge in [-0.2, -0.15) is 4.72 Å². The molecule has 0 saturated heterocycles. The monoisotopic (exact) mass is 637 g/mol. The van der Waals surface area contributed by atoms with Gasteiger partial charge in [-0.15, -0.1) is 0 Å². The number of halogens is 1. The molecular weight excluding hydrogens is 593 g/mol. The van der Waals surface area contributed by atoms with E-state index in [4.69, 9.17) is 9.16 Å². The SMILES string of the molecule is C=C(I)[C@@H](NS(=O)(=O)c1ccc(C)cc1)[C@@H](CCCCO[Si](C(C)C)(C(C)C)C(C)C)OC(C)=O. The van der Waals surface area contributed by atoms with Gasteiger partial charge in [0, 0.05) is 17.1 Å². The van der Waals surface area contributed by atoms with Gasteiger partial charge in [-0.25, -0.2) is 8.42 Å². The highest BCUT2D eigenvalue weighted by atomic mass is 127. The zero-order chi connectivity index (χ0) is 27.0. The van der Waals surface area contributed by atoms with E-state index in [1.54, 1.807) is 24.3 Å². The van der Waals surface area contributed by atoms with Gasteiger partial charge in [0.2, 0.25) is 10.0 Å². The third-order valence-corrected chi connectivity index (χ3v) is 14.8. The van der Waals surface area contributed by atoms with Crippen LogP contribution < -0.4 is 4.72 Å². The second-order valence-corrected chi connectivity index (χ2v) is 18.7. The van der Waals surface area contributed by atoms with E-state index in [-0.39, 0.29) is 4.90 Å². The summed E-state index contributed by atoms with van der Waals surface area (Å²) in [6.45, 7) is 21.4. The Kier molecular flexibility index (Phi) is 13.1. The predicted octanol–water partition coefficient (Wildman–Crippen LogP) is 6.88. The van der Waals surface area contributed by atoms with Crippen LogP contribution in [0.1, 0.15) is 73.3 Å². The maximum Gasteiger partial charge on any atom is 0.302 e. The van der Waals surface area contributed by atoms with E-state index >= 15 is 0 Å². The number of unbranched alkanes of at least 4 members (excludes halogenated alkanes) is 1. The molecule has 0 aliphatic heterocycles. The number of ether oxygens (including phenoxy) is 1. The van der Waals surface area contributed by atoms with E-state index in [1.165, 1.54) is 6.92 Å². The van der Waals surface area contributed by atoms with Crippen LogP contribution in [-0.2, 0) is 24.0 Å². The fraction of sp³-hybridized carbons (Fsp3) is 0.654. The van der Waals surface area contributed by atoms with Crippen LogP contribution >= 0.6 is 22.6 Å². The van der Waals surface area contributed by atoms with Crippen molar-refractivity contribution in [1.29, 1.82) is 0 Å². The summed E-state index contributed by atoms with van der Waals surface area (Å²) in [6.07, 6.45) is 1.40. The Morgan fingerprint density at radius 3 is 1.97 bits per heavy atom. The summed E-state index contributed by atoms with van der Waals surface area (Å²) >= 11 is 2.00. The molecular formula is C26H44INO5SSi. The second-order valence-electron chi connectivity index (χ2n) is 10.2. The summed E-state index contributed by atoms with van der Waals surface area (Å²) in [4.78, 5) is 12.0. The van der Waals surface area contributed by atoms with Crippen LogP contribution in [0.4, 0.5) is 0 Å². The molecule has 1 aromatic rings. The molecule has 1 rings (SSSR count). The number of hydrogen-bond donors (Lipinski definition) is 1. The molecule has 0 bridgehead atoms. The van der Waals surface area contributed by atoms with Crippen LogP contribution in [0.15, 0.2) is 39.3 Å². The summed E-state index contributed by atoms with van der Waals surface area (Å²) in [5.74, 6) is -0.450. The quantitative estimate of drug-likeness (QED) is 0.0981. The number of rotatable bonds is 15. The van der Waals surface area contributed by atoms with Gasteiger partial charge in [0.05, 0.1) is 10.9 Å². The minimum Gasteiger partial charge on any atom is -0.460 e. The molecule has 0 unspecified atom stereocenters. The fourth-order valence-electron chi connectivity index (χ4n) is 5.00. The lowest BCUT2D eigenvalue weighted by molar-refractivity contribution is -0.147. The van der Waals surface area contributed by atoms with E-state index in [2.05, 4.69) is 52.8 Å². The van der Waals surface area contributed by atoms with Crippen LogP contribution in [0.5, 0.6) is 0 Å². The van der Waals surface area contributed by atoms with Crippen molar-refractivity contribution in [3.63, 3.8) is 0 Å². The Morgan fingerprint density at radius 2 is 1.54 bits per heavy atom. The largest absolute Gasteiger partial charge is 0.460 e. The zero-order valence-electron chi connectivity index (χ0n) is 22.6. The van der Waals surface area contributed by atoms with Gasteiger partial charge in [0.25, 0.3) is 0 Å². The maximum atomic E-state index is 13.0.